The normalized spacial score (nSPS) is 12.8. The van der Waals surface area contributed by atoms with E-state index in [4.69, 9.17) is 4.52 Å². The minimum atomic E-state index is 0.0451. The molecule has 6 heteroatoms. The molecule has 0 aromatic carbocycles. The molecule has 1 N–H and O–H groups in total. The number of nitrogens with zero attached hydrogens (tertiary/aromatic N) is 4. The van der Waals surface area contributed by atoms with Crippen molar-refractivity contribution in [3.05, 3.63) is 41.4 Å². The van der Waals surface area contributed by atoms with Crippen molar-refractivity contribution in [2.24, 2.45) is 0 Å². The Bertz CT molecular complexity index is 662. The van der Waals surface area contributed by atoms with E-state index in [0.29, 0.717) is 5.95 Å². The van der Waals surface area contributed by atoms with Gasteiger partial charge < -0.3 is 9.84 Å². The Hall–Kier alpha value is -2.37. The first kappa shape index (κ1) is 11.7. The molecule has 3 aromatic rings. The van der Waals surface area contributed by atoms with Crippen LogP contribution in [0, 0.1) is 13.8 Å². The maximum Gasteiger partial charge on any atom is 0.243 e. The van der Waals surface area contributed by atoms with Gasteiger partial charge in [0.1, 0.15) is 5.76 Å². The lowest BCUT2D eigenvalue weighted by atomic mass is 10.1. The van der Waals surface area contributed by atoms with Crippen molar-refractivity contribution in [1.29, 1.82) is 0 Å². The summed E-state index contributed by atoms with van der Waals surface area (Å²) in [5, 5.41) is 11.6. The zero-order valence-corrected chi connectivity index (χ0v) is 11.1. The predicted molar refractivity (Wildman–Crippen MR) is 71.0 cm³/mol. The van der Waals surface area contributed by atoms with E-state index in [9.17, 15) is 0 Å². The highest BCUT2D eigenvalue weighted by Crippen LogP contribution is 2.23. The molecule has 1 unspecified atom stereocenters. The summed E-state index contributed by atoms with van der Waals surface area (Å²) in [4.78, 5) is 4.41. The molecule has 0 aliphatic heterocycles. The highest BCUT2D eigenvalue weighted by Gasteiger charge is 2.17. The summed E-state index contributed by atoms with van der Waals surface area (Å²) in [5.41, 5.74) is 2.76. The van der Waals surface area contributed by atoms with Crippen LogP contribution >= 0.6 is 0 Å². The van der Waals surface area contributed by atoms with Crippen LogP contribution in [0.2, 0.25) is 0 Å². The van der Waals surface area contributed by atoms with Gasteiger partial charge in [-0.05, 0) is 32.9 Å². The third-order valence-electron chi connectivity index (χ3n) is 3.11. The maximum atomic E-state index is 5.18. The number of aryl methyl sites for hydroxylation is 2. The summed E-state index contributed by atoms with van der Waals surface area (Å²) in [7, 11) is 0. The summed E-state index contributed by atoms with van der Waals surface area (Å²) >= 11 is 0. The Kier molecular flexibility index (Phi) is 2.70. The quantitative estimate of drug-likeness (QED) is 0.780. The average molecular weight is 257 g/mol. The van der Waals surface area contributed by atoms with Gasteiger partial charge in [0.15, 0.2) is 5.65 Å². The Morgan fingerprint density at radius 3 is 2.84 bits per heavy atom. The fourth-order valence-electron chi connectivity index (χ4n) is 2.27. The van der Waals surface area contributed by atoms with Crippen LogP contribution in [0.4, 0.5) is 5.95 Å². The Labute approximate surface area is 110 Å². The molecule has 0 spiro atoms. The van der Waals surface area contributed by atoms with Crippen LogP contribution in [0.1, 0.15) is 30.0 Å². The van der Waals surface area contributed by atoms with E-state index < -0.39 is 0 Å². The molecule has 3 aromatic heterocycles. The summed E-state index contributed by atoms with van der Waals surface area (Å²) in [6, 6.07) is 5.82. The second kappa shape index (κ2) is 4.38. The van der Waals surface area contributed by atoms with Gasteiger partial charge in [0.2, 0.25) is 5.95 Å². The smallest absolute Gasteiger partial charge is 0.243 e. The standard InChI is InChI=1S/C13H15N5O/c1-8(12-9(2)17-19-10(12)3)14-13-15-11-6-4-5-7-18(11)16-13/h4-8H,1-3H3,(H,14,16). The third kappa shape index (κ3) is 2.05. The molecule has 6 nitrogen and oxygen atoms in total. The summed E-state index contributed by atoms with van der Waals surface area (Å²) in [6.45, 7) is 5.88. The van der Waals surface area contributed by atoms with Crippen molar-refractivity contribution < 1.29 is 4.52 Å². The number of rotatable bonds is 3. The molecule has 0 amide bonds. The minimum absolute atomic E-state index is 0.0451. The summed E-state index contributed by atoms with van der Waals surface area (Å²) in [5.74, 6) is 1.42. The fraction of sp³-hybridized carbons (Fsp3) is 0.308. The number of pyridine rings is 1. The Balaban J connectivity index is 1.88. The predicted octanol–water partition coefficient (Wildman–Crippen LogP) is 2.51. The number of anilines is 1. The van der Waals surface area contributed by atoms with Gasteiger partial charge in [-0.2, -0.15) is 4.98 Å². The highest BCUT2D eigenvalue weighted by molar-refractivity contribution is 5.44. The molecule has 19 heavy (non-hydrogen) atoms. The van der Waals surface area contributed by atoms with E-state index in [2.05, 4.69) is 20.6 Å². The van der Waals surface area contributed by atoms with E-state index in [0.717, 1.165) is 22.7 Å². The molecule has 0 radical (unpaired) electrons. The Morgan fingerprint density at radius 2 is 2.16 bits per heavy atom. The van der Waals surface area contributed by atoms with Crippen LogP contribution in [0.25, 0.3) is 5.65 Å². The van der Waals surface area contributed by atoms with E-state index in [1.165, 1.54) is 0 Å². The molecule has 0 aliphatic carbocycles. The lowest BCUT2D eigenvalue weighted by molar-refractivity contribution is 0.392. The largest absolute Gasteiger partial charge is 0.361 e. The first-order chi connectivity index (χ1) is 9.15. The molecule has 0 saturated carbocycles. The van der Waals surface area contributed by atoms with Crippen molar-refractivity contribution in [2.75, 3.05) is 5.32 Å². The number of aromatic nitrogens is 4. The molecule has 3 rings (SSSR count). The van der Waals surface area contributed by atoms with Crippen LogP contribution in [0.5, 0.6) is 0 Å². The summed E-state index contributed by atoms with van der Waals surface area (Å²) < 4.78 is 6.92. The monoisotopic (exact) mass is 257 g/mol. The van der Waals surface area contributed by atoms with Crippen molar-refractivity contribution in [2.45, 2.75) is 26.8 Å². The van der Waals surface area contributed by atoms with Gasteiger partial charge in [0.05, 0.1) is 11.7 Å². The second-order valence-electron chi connectivity index (χ2n) is 4.54. The van der Waals surface area contributed by atoms with Crippen LogP contribution < -0.4 is 5.32 Å². The van der Waals surface area contributed by atoms with E-state index in [1.54, 1.807) is 4.52 Å². The Morgan fingerprint density at radius 1 is 1.32 bits per heavy atom. The van der Waals surface area contributed by atoms with Crippen molar-refractivity contribution in [1.82, 2.24) is 19.8 Å². The van der Waals surface area contributed by atoms with Gasteiger partial charge in [-0.1, -0.05) is 11.2 Å². The average Bonchev–Trinajstić information content (AvgIpc) is 2.92. The zero-order chi connectivity index (χ0) is 13.4. The fourth-order valence-corrected chi connectivity index (χ4v) is 2.27. The summed E-state index contributed by atoms with van der Waals surface area (Å²) in [6.07, 6.45) is 1.87. The van der Waals surface area contributed by atoms with E-state index >= 15 is 0 Å². The first-order valence-electron chi connectivity index (χ1n) is 6.16. The van der Waals surface area contributed by atoms with Gasteiger partial charge >= 0.3 is 0 Å². The lowest BCUT2D eigenvalue weighted by Crippen LogP contribution is -2.09. The van der Waals surface area contributed by atoms with Gasteiger partial charge in [-0.15, -0.1) is 5.10 Å². The van der Waals surface area contributed by atoms with Crippen LogP contribution in [0.3, 0.4) is 0 Å². The number of hydrogen-bond donors (Lipinski definition) is 1. The molecular formula is C13H15N5O. The zero-order valence-electron chi connectivity index (χ0n) is 11.1. The van der Waals surface area contributed by atoms with Crippen LogP contribution in [-0.4, -0.2) is 19.8 Å². The van der Waals surface area contributed by atoms with Crippen LogP contribution in [0.15, 0.2) is 28.9 Å². The third-order valence-corrected chi connectivity index (χ3v) is 3.11. The minimum Gasteiger partial charge on any atom is -0.361 e. The van der Waals surface area contributed by atoms with Crippen molar-refractivity contribution in [3.8, 4) is 0 Å². The topological polar surface area (TPSA) is 68.2 Å². The van der Waals surface area contributed by atoms with Gasteiger partial charge in [-0.3, -0.25) is 0 Å². The molecule has 0 saturated heterocycles. The molecule has 0 fully saturated rings. The maximum absolute atomic E-state index is 5.18. The van der Waals surface area contributed by atoms with Crippen molar-refractivity contribution in [3.63, 3.8) is 0 Å². The van der Waals surface area contributed by atoms with E-state index in [-0.39, 0.29) is 6.04 Å². The molecular weight excluding hydrogens is 242 g/mol. The van der Waals surface area contributed by atoms with E-state index in [1.807, 2.05) is 45.2 Å². The number of nitrogens with one attached hydrogen (secondary N) is 1. The van der Waals surface area contributed by atoms with Gasteiger partial charge in [-0.25, -0.2) is 4.52 Å². The van der Waals surface area contributed by atoms with Gasteiger partial charge in [0.25, 0.3) is 0 Å². The molecule has 0 bridgehead atoms. The SMILES string of the molecule is Cc1noc(C)c1C(C)Nc1nc2ccccn2n1. The molecule has 0 aliphatic rings. The molecule has 98 valence electrons. The highest BCUT2D eigenvalue weighted by atomic mass is 16.5. The van der Waals surface area contributed by atoms with Crippen LogP contribution in [-0.2, 0) is 0 Å². The molecule has 3 heterocycles. The number of hydrogen-bond acceptors (Lipinski definition) is 5. The first-order valence-corrected chi connectivity index (χ1v) is 6.16. The van der Waals surface area contributed by atoms with Gasteiger partial charge in [0, 0.05) is 11.8 Å². The second-order valence-corrected chi connectivity index (χ2v) is 4.54. The number of fused-ring (bicyclic) bond motifs is 1. The van der Waals surface area contributed by atoms with Crippen molar-refractivity contribution >= 4 is 11.6 Å². The molecule has 1 atom stereocenters. The lowest BCUT2D eigenvalue weighted by Gasteiger charge is -2.11.